The van der Waals surface area contributed by atoms with Gasteiger partial charge in [-0.1, -0.05) is 12.1 Å². The van der Waals surface area contributed by atoms with Crippen molar-refractivity contribution in [1.29, 1.82) is 0 Å². The first-order chi connectivity index (χ1) is 7.84. The van der Waals surface area contributed by atoms with Crippen LogP contribution in [-0.4, -0.2) is 11.1 Å². The van der Waals surface area contributed by atoms with E-state index in [1.54, 1.807) is 12.1 Å². The molecule has 3 heteroatoms. The quantitative estimate of drug-likeness (QED) is 0.774. The smallest absolute Gasteiger partial charge is 0.123 e. The predicted octanol–water partition coefficient (Wildman–Crippen LogP) is 2.40. The lowest BCUT2D eigenvalue weighted by molar-refractivity contribution is 0.520. The maximum absolute atomic E-state index is 13.2. The summed E-state index contributed by atoms with van der Waals surface area (Å²) in [7, 11) is 0. The lowest BCUT2D eigenvalue weighted by Crippen LogP contribution is -2.27. The fraction of sp³-hybridized carbons (Fsp3) is 0.231. The third kappa shape index (κ3) is 1.53. The van der Waals surface area contributed by atoms with Crippen molar-refractivity contribution in [3.8, 4) is 11.3 Å². The summed E-state index contributed by atoms with van der Waals surface area (Å²) in [6.45, 7) is 2.83. The molecule has 2 heterocycles. The maximum Gasteiger partial charge on any atom is 0.123 e. The Morgan fingerprint density at radius 2 is 2.12 bits per heavy atom. The van der Waals surface area contributed by atoms with Crippen molar-refractivity contribution in [1.82, 2.24) is 9.88 Å². The molecule has 0 atom stereocenters. The minimum absolute atomic E-state index is 0.179. The topological polar surface area (TPSA) is 17.0 Å². The van der Waals surface area contributed by atoms with Gasteiger partial charge in [0.05, 0.1) is 0 Å². The number of halogens is 1. The zero-order valence-corrected chi connectivity index (χ0v) is 8.91. The highest BCUT2D eigenvalue weighted by atomic mass is 19.1. The molecule has 16 heavy (non-hydrogen) atoms. The molecule has 3 rings (SSSR count). The molecule has 1 aromatic heterocycles. The molecule has 2 aromatic rings. The van der Waals surface area contributed by atoms with Crippen LogP contribution in [-0.2, 0) is 13.1 Å². The molecule has 0 aliphatic carbocycles. The molecule has 0 saturated heterocycles. The number of nitrogens with one attached hydrogen (secondary N) is 1. The van der Waals surface area contributed by atoms with Gasteiger partial charge in [-0.25, -0.2) is 4.39 Å². The number of aromatic nitrogens is 1. The highest BCUT2D eigenvalue weighted by Gasteiger charge is 2.13. The van der Waals surface area contributed by atoms with Crippen LogP contribution in [0.2, 0.25) is 0 Å². The Morgan fingerprint density at radius 1 is 1.19 bits per heavy atom. The summed E-state index contributed by atoms with van der Waals surface area (Å²) >= 11 is 0. The second kappa shape index (κ2) is 3.76. The summed E-state index contributed by atoms with van der Waals surface area (Å²) in [6.07, 6.45) is 0. The summed E-state index contributed by atoms with van der Waals surface area (Å²) < 4.78 is 15.4. The highest BCUT2D eigenvalue weighted by molar-refractivity contribution is 5.61. The molecule has 0 amide bonds. The van der Waals surface area contributed by atoms with Gasteiger partial charge in [0.2, 0.25) is 0 Å². The van der Waals surface area contributed by atoms with E-state index in [0.717, 1.165) is 30.9 Å². The van der Waals surface area contributed by atoms with Gasteiger partial charge < -0.3 is 9.88 Å². The lowest BCUT2D eigenvalue weighted by atomic mass is 10.1. The zero-order valence-electron chi connectivity index (χ0n) is 8.91. The third-order valence-corrected chi connectivity index (χ3v) is 3.01. The Morgan fingerprint density at radius 3 is 3.00 bits per heavy atom. The van der Waals surface area contributed by atoms with Crippen LogP contribution in [0.25, 0.3) is 11.3 Å². The first-order valence-electron chi connectivity index (χ1n) is 5.50. The number of rotatable bonds is 1. The van der Waals surface area contributed by atoms with E-state index in [9.17, 15) is 4.39 Å². The molecule has 1 aliphatic heterocycles. The number of hydrogen-bond acceptors (Lipinski definition) is 1. The van der Waals surface area contributed by atoms with E-state index in [1.807, 2.05) is 6.07 Å². The average Bonchev–Trinajstić information content (AvgIpc) is 2.72. The molecule has 0 radical (unpaired) electrons. The first-order valence-corrected chi connectivity index (χ1v) is 5.50. The first kappa shape index (κ1) is 9.60. The number of nitrogens with zero attached hydrogens (tertiary/aromatic N) is 1. The SMILES string of the molecule is Fc1cccc(-c2ccc3n2CCNC3)c1. The number of hydrogen-bond donors (Lipinski definition) is 1. The van der Waals surface area contributed by atoms with E-state index < -0.39 is 0 Å². The Bertz CT molecular complexity index is 516. The van der Waals surface area contributed by atoms with E-state index in [1.165, 1.54) is 11.8 Å². The van der Waals surface area contributed by atoms with Gasteiger partial charge in [0.25, 0.3) is 0 Å². The van der Waals surface area contributed by atoms with Gasteiger partial charge in [-0.05, 0) is 24.3 Å². The van der Waals surface area contributed by atoms with Crippen molar-refractivity contribution < 1.29 is 4.39 Å². The summed E-state index contributed by atoms with van der Waals surface area (Å²) in [4.78, 5) is 0. The van der Waals surface area contributed by atoms with Crippen LogP contribution >= 0.6 is 0 Å². The summed E-state index contributed by atoms with van der Waals surface area (Å²) in [5.74, 6) is -0.179. The largest absolute Gasteiger partial charge is 0.342 e. The predicted molar refractivity (Wildman–Crippen MR) is 61.5 cm³/mol. The Hall–Kier alpha value is -1.61. The minimum Gasteiger partial charge on any atom is -0.342 e. The van der Waals surface area contributed by atoms with Crippen molar-refractivity contribution in [3.63, 3.8) is 0 Å². The van der Waals surface area contributed by atoms with E-state index >= 15 is 0 Å². The van der Waals surface area contributed by atoms with Crippen LogP contribution < -0.4 is 5.32 Å². The van der Waals surface area contributed by atoms with Gasteiger partial charge in [0, 0.05) is 36.6 Å². The summed E-state index contributed by atoms with van der Waals surface area (Å²) in [6, 6.07) is 10.9. The molecule has 1 N–H and O–H groups in total. The van der Waals surface area contributed by atoms with E-state index in [2.05, 4.69) is 22.0 Å². The third-order valence-electron chi connectivity index (χ3n) is 3.01. The Labute approximate surface area is 93.7 Å². The number of fused-ring (bicyclic) bond motifs is 1. The molecule has 82 valence electrons. The average molecular weight is 216 g/mol. The normalized spacial score (nSPS) is 14.8. The molecule has 2 nitrogen and oxygen atoms in total. The van der Waals surface area contributed by atoms with Gasteiger partial charge in [0.1, 0.15) is 5.82 Å². The van der Waals surface area contributed by atoms with Crippen LogP contribution in [0.4, 0.5) is 4.39 Å². The molecule has 0 spiro atoms. The van der Waals surface area contributed by atoms with E-state index in [0.29, 0.717) is 0 Å². The van der Waals surface area contributed by atoms with Gasteiger partial charge >= 0.3 is 0 Å². The van der Waals surface area contributed by atoms with Crippen molar-refractivity contribution in [2.75, 3.05) is 6.54 Å². The van der Waals surface area contributed by atoms with Crippen LogP contribution in [0.5, 0.6) is 0 Å². The van der Waals surface area contributed by atoms with Crippen LogP contribution in [0.3, 0.4) is 0 Å². The lowest BCUT2D eigenvalue weighted by Gasteiger charge is -2.19. The second-order valence-electron chi connectivity index (χ2n) is 4.05. The van der Waals surface area contributed by atoms with Gasteiger partial charge in [0.15, 0.2) is 0 Å². The molecule has 0 saturated carbocycles. The van der Waals surface area contributed by atoms with Crippen molar-refractivity contribution in [2.24, 2.45) is 0 Å². The molecule has 0 fully saturated rings. The minimum atomic E-state index is -0.179. The van der Waals surface area contributed by atoms with Crippen molar-refractivity contribution in [3.05, 3.63) is 47.9 Å². The van der Waals surface area contributed by atoms with Crippen molar-refractivity contribution >= 4 is 0 Å². The zero-order chi connectivity index (χ0) is 11.0. The van der Waals surface area contributed by atoms with E-state index in [-0.39, 0.29) is 5.82 Å². The van der Waals surface area contributed by atoms with E-state index in [4.69, 9.17) is 0 Å². The fourth-order valence-electron chi connectivity index (χ4n) is 2.24. The standard InChI is InChI=1S/C13H13FN2/c14-11-3-1-2-10(8-11)13-5-4-12-9-15-6-7-16(12)13/h1-5,8,15H,6-7,9H2. The fourth-order valence-corrected chi connectivity index (χ4v) is 2.24. The Kier molecular flexibility index (Phi) is 2.26. The maximum atomic E-state index is 13.2. The van der Waals surface area contributed by atoms with Crippen LogP contribution in [0.1, 0.15) is 5.69 Å². The molecule has 1 aromatic carbocycles. The van der Waals surface area contributed by atoms with Gasteiger partial charge in [-0.2, -0.15) is 0 Å². The van der Waals surface area contributed by atoms with Gasteiger partial charge in [-0.15, -0.1) is 0 Å². The molecule has 0 bridgehead atoms. The second-order valence-corrected chi connectivity index (χ2v) is 4.05. The van der Waals surface area contributed by atoms with Gasteiger partial charge in [-0.3, -0.25) is 0 Å². The Balaban J connectivity index is 2.09. The molecular formula is C13H13FN2. The highest BCUT2D eigenvalue weighted by Crippen LogP contribution is 2.24. The summed E-state index contributed by atoms with van der Waals surface area (Å²) in [5, 5.41) is 3.32. The molecule has 1 aliphatic rings. The molecule has 0 unspecified atom stereocenters. The number of benzene rings is 1. The van der Waals surface area contributed by atoms with Crippen molar-refractivity contribution in [2.45, 2.75) is 13.1 Å². The van der Waals surface area contributed by atoms with Crippen LogP contribution in [0.15, 0.2) is 36.4 Å². The summed E-state index contributed by atoms with van der Waals surface area (Å²) in [5.41, 5.74) is 3.33. The van der Waals surface area contributed by atoms with Crippen LogP contribution in [0, 0.1) is 5.82 Å². The molecular weight excluding hydrogens is 203 g/mol. The monoisotopic (exact) mass is 216 g/mol.